The van der Waals surface area contributed by atoms with E-state index >= 15 is 0 Å². The van der Waals surface area contributed by atoms with E-state index < -0.39 is 0 Å². The van der Waals surface area contributed by atoms with E-state index in [9.17, 15) is 9.59 Å². The van der Waals surface area contributed by atoms with Gasteiger partial charge >= 0.3 is 0 Å². The molecule has 1 atom stereocenters. The van der Waals surface area contributed by atoms with Crippen molar-refractivity contribution in [3.8, 4) is 0 Å². The third-order valence-corrected chi connectivity index (χ3v) is 4.16. The molecule has 0 spiro atoms. The summed E-state index contributed by atoms with van der Waals surface area (Å²) in [7, 11) is 7.42. The molecule has 1 rings (SSSR count). The zero-order chi connectivity index (χ0) is 13.8. The fourth-order valence-corrected chi connectivity index (χ4v) is 3.11. The van der Waals surface area contributed by atoms with Crippen molar-refractivity contribution in [2.45, 2.75) is 44.6 Å². The summed E-state index contributed by atoms with van der Waals surface area (Å²) in [6.45, 7) is 0. The van der Waals surface area contributed by atoms with Gasteiger partial charge in [-0.1, -0.05) is 19.3 Å². The Labute approximate surface area is 110 Å². The third-order valence-electron chi connectivity index (χ3n) is 4.16. The Hall–Kier alpha value is -0.900. The maximum Gasteiger partial charge on any atom is 0.222 e. The van der Waals surface area contributed by atoms with Crippen molar-refractivity contribution in [1.82, 2.24) is 9.80 Å². The molecule has 0 aliphatic heterocycles. The van der Waals surface area contributed by atoms with Crippen LogP contribution in [0.15, 0.2) is 0 Å². The van der Waals surface area contributed by atoms with E-state index in [0.717, 1.165) is 32.0 Å². The van der Waals surface area contributed by atoms with Gasteiger partial charge in [0.15, 0.2) is 0 Å². The highest BCUT2D eigenvalue weighted by Crippen LogP contribution is 2.43. The number of amides is 1. The van der Waals surface area contributed by atoms with Gasteiger partial charge in [0, 0.05) is 25.9 Å². The van der Waals surface area contributed by atoms with Gasteiger partial charge in [-0.2, -0.15) is 0 Å². The summed E-state index contributed by atoms with van der Waals surface area (Å²) in [5.41, 5.74) is -0.162. The third kappa shape index (κ3) is 3.31. The monoisotopic (exact) mass is 254 g/mol. The minimum atomic E-state index is -0.162. The van der Waals surface area contributed by atoms with E-state index in [1.165, 1.54) is 6.42 Å². The van der Waals surface area contributed by atoms with Crippen LogP contribution < -0.4 is 0 Å². The maximum absolute atomic E-state index is 12.1. The second-order valence-electron chi connectivity index (χ2n) is 5.93. The predicted molar refractivity (Wildman–Crippen MR) is 72.4 cm³/mol. The highest BCUT2D eigenvalue weighted by molar-refractivity contribution is 5.77. The second kappa shape index (κ2) is 6.32. The van der Waals surface area contributed by atoms with Crippen molar-refractivity contribution in [3.05, 3.63) is 0 Å². The molecule has 1 amide bonds. The number of rotatable bonds is 5. The smallest absolute Gasteiger partial charge is 0.222 e. The van der Waals surface area contributed by atoms with Crippen LogP contribution in [-0.4, -0.2) is 56.2 Å². The summed E-state index contributed by atoms with van der Waals surface area (Å²) in [4.78, 5) is 27.1. The minimum absolute atomic E-state index is 0.130. The van der Waals surface area contributed by atoms with Crippen molar-refractivity contribution in [1.29, 1.82) is 0 Å². The van der Waals surface area contributed by atoms with Gasteiger partial charge < -0.3 is 9.69 Å². The molecule has 0 N–H and O–H groups in total. The Balaban J connectivity index is 2.93. The molecule has 0 unspecified atom stereocenters. The molecule has 4 heteroatoms. The van der Waals surface area contributed by atoms with Gasteiger partial charge in [0.2, 0.25) is 5.91 Å². The zero-order valence-electron chi connectivity index (χ0n) is 12.1. The van der Waals surface area contributed by atoms with Crippen molar-refractivity contribution in [2.75, 3.05) is 28.2 Å². The topological polar surface area (TPSA) is 40.6 Å². The lowest BCUT2D eigenvalue weighted by molar-refractivity contribution is -0.134. The first kappa shape index (κ1) is 15.2. The molecular weight excluding hydrogens is 228 g/mol. The molecule has 0 aromatic carbocycles. The Morgan fingerprint density at radius 2 is 1.72 bits per heavy atom. The number of hydrogen-bond donors (Lipinski definition) is 0. The second-order valence-corrected chi connectivity index (χ2v) is 5.93. The standard InChI is InChI=1S/C14H26N2O2/c1-15(2)12(11-17)14(8-6-5-7-9-14)10-13(18)16(3)4/h11-12H,5-10H2,1-4H3/t12-/m1/s1. The number of nitrogens with zero attached hydrogens (tertiary/aromatic N) is 2. The van der Waals surface area contributed by atoms with E-state index in [1.807, 2.05) is 19.0 Å². The molecule has 18 heavy (non-hydrogen) atoms. The number of carbonyl (C=O) groups excluding carboxylic acids is 2. The van der Waals surface area contributed by atoms with Crippen molar-refractivity contribution >= 4 is 12.2 Å². The van der Waals surface area contributed by atoms with E-state index in [0.29, 0.717) is 6.42 Å². The SMILES string of the molecule is CN(C)C(=O)CC1([C@@H](C=O)N(C)C)CCCCC1. The first-order chi connectivity index (χ1) is 8.43. The number of hydrogen-bond acceptors (Lipinski definition) is 3. The van der Waals surface area contributed by atoms with Gasteiger partial charge in [-0.25, -0.2) is 0 Å². The molecule has 1 aliphatic carbocycles. The van der Waals surface area contributed by atoms with Crippen LogP contribution in [0.4, 0.5) is 0 Å². The molecule has 1 aliphatic rings. The Morgan fingerprint density at radius 1 is 1.17 bits per heavy atom. The first-order valence-corrected chi connectivity index (χ1v) is 6.75. The summed E-state index contributed by atoms with van der Waals surface area (Å²) >= 11 is 0. The number of carbonyl (C=O) groups is 2. The van der Waals surface area contributed by atoms with Crippen LogP contribution in [0.5, 0.6) is 0 Å². The first-order valence-electron chi connectivity index (χ1n) is 6.75. The van der Waals surface area contributed by atoms with Crippen LogP contribution in [0.25, 0.3) is 0 Å². The average molecular weight is 254 g/mol. The van der Waals surface area contributed by atoms with Gasteiger partial charge in [0.05, 0.1) is 6.04 Å². The summed E-state index contributed by atoms with van der Waals surface area (Å²) in [5.74, 6) is 0.130. The van der Waals surface area contributed by atoms with Crippen LogP contribution in [0.1, 0.15) is 38.5 Å². The average Bonchev–Trinajstić information content (AvgIpc) is 2.30. The van der Waals surface area contributed by atoms with Crippen LogP contribution in [0, 0.1) is 5.41 Å². The van der Waals surface area contributed by atoms with Gasteiger partial charge in [0.25, 0.3) is 0 Å². The van der Waals surface area contributed by atoms with Crippen LogP contribution >= 0.6 is 0 Å². The van der Waals surface area contributed by atoms with E-state index in [4.69, 9.17) is 0 Å². The fraction of sp³-hybridized carbons (Fsp3) is 0.857. The summed E-state index contributed by atoms with van der Waals surface area (Å²) < 4.78 is 0. The molecule has 0 saturated heterocycles. The molecule has 1 saturated carbocycles. The lowest BCUT2D eigenvalue weighted by atomic mass is 9.66. The summed E-state index contributed by atoms with van der Waals surface area (Å²) in [6.07, 6.45) is 6.94. The number of likely N-dealkylation sites (N-methyl/N-ethyl adjacent to an activating group) is 1. The van der Waals surface area contributed by atoms with E-state index in [-0.39, 0.29) is 17.4 Å². The van der Waals surface area contributed by atoms with Gasteiger partial charge in [0.1, 0.15) is 6.29 Å². The van der Waals surface area contributed by atoms with Gasteiger partial charge in [-0.05, 0) is 26.9 Å². The Morgan fingerprint density at radius 3 is 2.11 bits per heavy atom. The Kier molecular flexibility index (Phi) is 5.32. The van der Waals surface area contributed by atoms with Crippen LogP contribution in [0.2, 0.25) is 0 Å². The molecule has 0 aromatic heterocycles. The van der Waals surface area contributed by atoms with Crippen molar-refractivity contribution in [2.24, 2.45) is 5.41 Å². The lowest BCUT2D eigenvalue weighted by Crippen LogP contribution is -2.49. The molecule has 4 nitrogen and oxygen atoms in total. The van der Waals surface area contributed by atoms with Crippen LogP contribution in [-0.2, 0) is 9.59 Å². The van der Waals surface area contributed by atoms with E-state index in [2.05, 4.69) is 0 Å². The molecular formula is C14H26N2O2. The van der Waals surface area contributed by atoms with Crippen molar-refractivity contribution in [3.63, 3.8) is 0 Å². The van der Waals surface area contributed by atoms with Crippen LogP contribution in [0.3, 0.4) is 0 Å². The lowest BCUT2D eigenvalue weighted by Gasteiger charge is -2.44. The highest BCUT2D eigenvalue weighted by Gasteiger charge is 2.42. The summed E-state index contributed by atoms with van der Waals surface area (Å²) in [6, 6.07) is -0.151. The summed E-state index contributed by atoms with van der Waals surface area (Å²) in [5, 5.41) is 0. The normalized spacial score (nSPS) is 20.5. The fourth-order valence-electron chi connectivity index (χ4n) is 3.11. The quantitative estimate of drug-likeness (QED) is 0.699. The maximum atomic E-state index is 12.1. The van der Waals surface area contributed by atoms with Crippen molar-refractivity contribution < 1.29 is 9.59 Å². The predicted octanol–water partition coefficient (Wildman–Crippen LogP) is 1.54. The molecule has 0 heterocycles. The molecule has 104 valence electrons. The molecule has 0 bridgehead atoms. The largest absolute Gasteiger partial charge is 0.349 e. The molecule has 0 aromatic rings. The highest BCUT2D eigenvalue weighted by atomic mass is 16.2. The molecule has 1 fully saturated rings. The molecule has 0 radical (unpaired) electrons. The minimum Gasteiger partial charge on any atom is -0.349 e. The van der Waals surface area contributed by atoms with Gasteiger partial charge in [-0.15, -0.1) is 0 Å². The zero-order valence-corrected chi connectivity index (χ0v) is 12.1. The Bertz CT molecular complexity index is 294. The number of aldehydes is 1. The van der Waals surface area contributed by atoms with E-state index in [1.54, 1.807) is 19.0 Å². The van der Waals surface area contributed by atoms with Gasteiger partial charge in [-0.3, -0.25) is 9.69 Å².